The second-order valence-corrected chi connectivity index (χ2v) is 2.80. The van der Waals surface area contributed by atoms with Crippen LogP contribution in [-0.2, 0) is 9.78 Å². The lowest BCUT2D eigenvalue weighted by molar-refractivity contribution is -0.186. The summed E-state index contributed by atoms with van der Waals surface area (Å²) < 4.78 is 0. The fraction of sp³-hybridized carbons (Fsp3) is 0.714. The Morgan fingerprint density at radius 1 is 1.08 bits per heavy atom. The van der Waals surface area contributed by atoms with Crippen molar-refractivity contribution in [3.05, 3.63) is 0 Å². The minimum absolute atomic E-state index is 0.640. The summed E-state index contributed by atoms with van der Waals surface area (Å²) >= 11 is 0. The number of carbonyl (C=O) groups excluding carboxylic acids is 2. The summed E-state index contributed by atoms with van der Waals surface area (Å²) in [6.45, 7) is 1.28. The van der Waals surface area contributed by atoms with E-state index in [1.54, 1.807) is 0 Å². The van der Waals surface area contributed by atoms with E-state index in [1.165, 1.54) is 4.90 Å². The van der Waals surface area contributed by atoms with Crippen LogP contribution in [0.1, 0.15) is 19.3 Å². The van der Waals surface area contributed by atoms with Crippen molar-refractivity contribution in [3.63, 3.8) is 0 Å². The number of rotatable bonds is 0. The van der Waals surface area contributed by atoms with E-state index in [4.69, 9.17) is 0 Å². The van der Waals surface area contributed by atoms with Crippen LogP contribution in [0.4, 0.5) is 9.59 Å². The molecule has 1 aliphatic heterocycles. The smallest absolute Gasteiger partial charge is 0.332 e. The number of nitrogens with two attached hydrogens (primary N) is 1. The minimum Gasteiger partial charge on any atom is -0.332 e. The predicted molar refractivity (Wildman–Crippen MR) is 42.6 cm³/mol. The molecule has 0 aromatic rings. The molecule has 1 fully saturated rings. The molecule has 1 heterocycles. The van der Waals surface area contributed by atoms with E-state index in [2.05, 4.69) is 15.5 Å². The van der Waals surface area contributed by atoms with Gasteiger partial charge in [0.05, 0.1) is 0 Å². The number of nitrogens with zero attached hydrogens (tertiary/aromatic N) is 1. The number of likely N-dealkylation sites (tertiary alicyclic amines) is 1. The molecule has 0 aliphatic carbocycles. The zero-order chi connectivity index (χ0) is 9.68. The maximum atomic E-state index is 11.1. The maximum absolute atomic E-state index is 11.1. The summed E-state index contributed by atoms with van der Waals surface area (Å²) in [7, 11) is 0. The molecule has 2 N–H and O–H groups in total. The van der Waals surface area contributed by atoms with Gasteiger partial charge in [-0.15, -0.1) is 0 Å². The van der Waals surface area contributed by atoms with Crippen LogP contribution >= 0.6 is 0 Å². The lowest BCUT2D eigenvalue weighted by atomic mass is 10.1. The third-order valence-electron chi connectivity index (χ3n) is 1.81. The Hall–Kier alpha value is -1.46. The van der Waals surface area contributed by atoms with E-state index in [-0.39, 0.29) is 0 Å². The van der Waals surface area contributed by atoms with Crippen molar-refractivity contribution in [1.29, 1.82) is 0 Å². The second-order valence-electron chi connectivity index (χ2n) is 2.80. The molecule has 1 aliphatic rings. The molecule has 0 unspecified atom stereocenters. The number of piperidine rings is 1. The highest BCUT2D eigenvalue weighted by Gasteiger charge is 2.19. The van der Waals surface area contributed by atoms with Crippen LogP contribution in [0.25, 0.3) is 0 Å². The summed E-state index contributed by atoms with van der Waals surface area (Å²) in [6.07, 6.45) is 1.24. The highest BCUT2D eigenvalue weighted by atomic mass is 17.2. The standard InChI is InChI=1S/C7H12N2O4/c8-6(10)12-13-7(11)9-4-2-1-3-5-9/h1-5H2,(H2,8,10). The molecular weight excluding hydrogens is 176 g/mol. The largest absolute Gasteiger partial charge is 0.453 e. The molecule has 1 saturated heterocycles. The SMILES string of the molecule is NC(=O)OOC(=O)N1CCCCC1. The molecule has 0 radical (unpaired) electrons. The lowest BCUT2D eigenvalue weighted by Crippen LogP contribution is -2.36. The van der Waals surface area contributed by atoms with E-state index in [0.717, 1.165) is 19.3 Å². The fourth-order valence-electron chi connectivity index (χ4n) is 1.21. The van der Waals surface area contributed by atoms with E-state index >= 15 is 0 Å². The van der Waals surface area contributed by atoms with Crippen molar-refractivity contribution >= 4 is 12.2 Å². The van der Waals surface area contributed by atoms with Gasteiger partial charge in [0.2, 0.25) is 0 Å². The van der Waals surface area contributed by atoms with E-state index in [1.807, 2.05) is 0 Å². The molecule has 0 aromatic heterocycles. The number of primary amides is 1. The Balaban J connectivity index is 2.25. The van der Waals surface area contributed by atoms with Gasteiger partial charge in [0.1, 0.15) is 0 Å². The Kier molecular flexibility index (Phi) is 3.36. The van der Waals surface area contributed by atoms with Crippen LogP contribution in [0.3, 0.4) is 0 Å². The van der Waals surface area contributed by atoms with Gasteiger partial charge < -0.3 is 10.6 Å². The predicted octanol–water partition coefficient (Wildman–Crippen LogP) is 0.619. The van der Waals surface area contributed by atoms with Crippen molar-refractivity contribution in [1.82, 2.24) is 4.90 Å². The summed E-state index contributed by atoms with van der Waals surface area (Å²) in [5.74, 6) is 0. The third-order valence-corrected chi connectivity index (χ3v) is 1.81. The normalized spacial score (nSPS) is 16.5. The van der Waals surface area contributed by atoms with Crippen molar-refractivity contribution in [2.24, 2.45) is 5.73 Å². The van der Waals surface area contributed by atoms with E-state index in [9.17, 15) is 9.59 Å². The average molecular weight is 188 g/mol. The molecule has 6 nitrogen and oxygen atoms in total. The van der Waals surface area contributed by atoms with Gasteiger partial charge in [0, 0.05) is 13.1 Å². The molecule has 2 amide bonds. The molecule has 1 rings (SSSR count). The van der Waals surface area contributed by atoms with Gasteiger partial charge in [-0.2, -0.15) is 0 Å². The highest BCUT2D eigenvalue weighted by molar-refractivity contribution is 5.69. The number of hydrogen-bond donors (Lipinski definition) is 1. The van der Waals surface area contributed by atoms with Crippen molar-refractivity contribution < 1.29 is 19.4 Å². The van der Waals surface area contributed by atoms with Crippen LogP contribution < -0.4 is 5.73 Å². The molecule has 0 spiro atoms. The summed E-state index contributed by atoms with van der Waals surface area (Å²) in [5, 5.41) is 0. The van der Waals surface area contributed by atoms with Gasteiger partial charge in [0.25, 0.3) is 0 Å². The van der Waals surface area contributed by atoms with Gasteiger partial charge in [-0.05, 0) is 19.3 Å². The second kappa shape index (κ2) is 4.54. The fourth-order valence-corrected chi connectivity index (χ4v) is 1.21. The quantitative estimate of drug-likeness (QED) is 0.446. The molecule has 0 bridgehead atoms. The zero-order valence-corrected chi connectivity index (χ0v) is 7.19. The van der Waals surface area contributed by atoms with Crippen molar-refractivity contribution in [2.45, 2.75) is 19.3 Å². The average Bonchev–Trinajstić information content (AvgIpc) is 2.15. The molecular formula is C7H12N2O4. The van der Waals surface area contributed by atoms with Gasteiger partial charge >= 0.3 is 12.2 Å². The summed E-state index contributed by atoms with van der Waals surface area (Å²) in [6, 6.07) is 0. The third kappa shape index (κ3) is 3.18. The summed E-state index contributed by atoms with van der Waals surface area (Å²) in [4.78, 5) is 30.7. The van der Waals surface area contributed by atoms with Crippen LogP contribution in [0.5, 0.6) is 0 Å². The Morgan fingerprint density at radius 3 is 2.23 bits per heavy atom. The Morgan fingerprint density at radius 2 is 1.69 bits per heavy atom. The van der Waals surface area contributed by atoms with Crippen LogP contribution in [0.2, 0.25) is 0 Å². The van der Waals surface area contributed by atoms with Crippen molar-refractivity contribution in [3.8, 4) is 0 Å². The first-order valence-corrected chi connectivity index (χ1v) is 4.13. The number of amides is 2. The highest BCUT2D eigenvalue weighted by Crippen LogP contribution is 2.09. The summed E-state index contributed by atoms with van der Waals surface area (Å²) in [5.41, 5.74) is 4.61. The topological polar surface area (TPSA) is 81.9 Å². The molecule has 6 heteroatoms. The molecule has 0 saturated carbocycles. The Bertz CT molecular complexity index is 201. The van der Waals surface area contributed by atoms with Crippen molar-refractivity contribution in [2.75, 3.05) is 13.1 Å². The zero-order valence-electron chi connectivity index (χ0n) is 7.19. The Labute approximate surface area is 75.5 Å². The molecule has 74 valence electrons. The van der Waals surface area contributed by atoms with Crippen LogP contribution in [0, 0.1) is 0 Å². The van der Waals surface area contributed by atoms with Gasteiger partial charge in [-0.1, -0.05) is 0 Å². The first kappa shape index (κ1) is 9.63. The maximum Gasteiger partial charge on any atom is 0.453 e. The lowest BCUT2D eigenvalue weighted by Gasteiger charge is -2.24. The molecule has 0 atom stereocenters. The van der Waals surface area contributed by atoms with Gasteiger partial charge in [0.15, 0.2) is 0 Å². The monoisotopic (exact) mass is 188 g/mol. The number of carbonyl (C=O) groups is 2. The van der Waals surface area contributed by atoms with Crippen LogP contribution in [-0.4, -0.2) is 30.2 Å². The van der Waals surface area contributed by atoms with Crippen LogP contribution in [0.15, 0.2) is 0 Å². The number of hydrogen-bond acceptors (Lipinski definition) is 4. The van der Waals surface area contributed by atoms with E-state index < -0.39 is 12.2 Å². The molecule has 13 heavy (non-hydrogen) atoms. The van der Waals surface area contributed by atoms with E-state index in [0.29, 0.717) is 13.1 Å². The minimum atomic E-state index is -1.12. The van der Waals surface area contributed by atoms with Gasteiger partial charge in [-0.25, -0.2) is 19.4 Å². The first-order valence-electron chi connectivity index (χ1n) is 4.13. The van der Waals surface area contributed by atoms with Gasteiger partial charge in [-0.3, -0.25) is 0 Å². The molecule has 0 aromatic carbocycles. The first-order chi connectivity index (χ1) is 6.20.